The zero-order valence-electron chi connectivity index (χ0n) is 16.3. The van der Waals surface area contributed by atoms with Gasteiger partial charge in [0.25, 0.3) is 0 Å². The molecule has 6 nitrogen and oxygen atoms in total. The Morgan fingerprint density at radius 1 is 1.22 bits per heavy atom. The highest BCUT2D eigenvalue weighted by Gasteiger charge is 2.32. The summed E-state index contributed by atoms with van der Waals surface area (Å²) >= 11 is 0. The zero-order chi connectivity index (χ0) is 19.9. The maximum absolute atomic E-state index is 12.6. The Hall–Kier alpha value is -2.21. The molecule has 0 aromatic heterocycles. The number of benzene rings is 1. The highest BCUT2D eigenvalue weighted by atomic mass is 16.6. The zero-order valence-corrected chi connectivity index (χ0v) is 16.3. The summed E-state index contributed by atoms with van der Waals surface area (Å²) in [6, 6.07) is 8.75. The summed E-state index contributed by atoms with van der Waals surface area (Å²) in [6.07, 6.45) is 1.77. The molecule has 0 radical (unpaired) electrons. The lowest BCUT2D eigenvalue weighted by Gasteiger charge is -2.24. The number of Topliss-reactive ketones (excluding diaryl/α,β-unsaturated/α-hetero) is 2. The number of amides is 1. The molecule has 2 rings (SSSR count). The quantitative estimate of drug-likeness (QED) is 0.753. The Morgan fingerprint density at radius 2 is 1.93 bits per heavy atom. The van der Waals surface area contributed by atoms with Crippen molar-refractivity contribution in [2.24, 2.45) is 5.92 Å². The largest absolute Gasteiger partial charge is 0.444 e. The lowest BCUT2D eigenvalue weighted by atomic mass is 9.95. The third-order valence-corrected chi connectivity index (χ3v) is 4.39. The van der Waals surface area contributed by atoms with E-state index in [2.05, 4.69) is 5.32 Å². The van der Waals surface area contributed by atoms with Crippen LogP contribution in [0.3, 0.4) is 0 Å². The van der Waals surface area contributed by atoms with Gasteiger partial charge in [-0.25, -0.2) is 4.79 Å². The highest BCUT2D eigenvalue weighted by molar-refractivity contribution is 5.90. The number of rotatable bonds is 8. The second kappa shape index (κ2) is 9.65. The topological polar surface area (TPSA) is 81.7 Å². The van der Waals surface area contributed by atoms with Gasteiger partial charge in [-0.15, -0.1) is 0 Å². The second-order valence-corrected chi connectivity index (χ2v) is 7.93. The molecule has 0 unspecified atom stereocenters. The minimum atomic E-state index is -0.789. The van der Waals surface area contributed by atoms with Crippen molar-refractivity contribution in [3.05, 3.63) is 35.9 Å². The number of ketones is 2. The number of ether oxygens (including phenoxy) is 2. The molecule has 1 fully saturated rings. The van der Waals surface area contributed by atoms with Crippen molar-refractivity contribution in [1.29, 1.82) is 0 Å². The molecule has 1 aromatic rings. The first-order valence-electron chi connectivity index (χ1n) is 9.41. The molecule has 6 heteroatoms. The molecule has 0 bridgehead atoms. The second-order valence-electron chi connectivity index (χ2n) is 7.93. The molecule has 1 saturated carbocycles. The molecule has 0 aliphatic heterocycles. The van der Waals surface area contributed by atoms with E-state index in [1.165, 1.54) is 0 Å². The molecule has 1 aromatic carbocycles. The first kappa shape index (κ1) is 21.1. The highest BCUT2D eigenvalue weighted by Crippen LogP contribution is 2.26. The Balaban J connectivity index is 1.93. The standard InChI is InChI=1S/C21H29NO5/c1-21(2,3)27-20(25)22-17(12-16-10-7-11-18(16)23)19(24)14-26-13-15-8-5-4-6-9-15/h4-6,8-9,16-17H,7,10-14H2,1-3H3,(H,22,25)/t16-,17-/m0/s1. The summed E-state index contributed by atoms with van der Waals surface area (Å²) < 4.78 is 10.8. The van der Waals surface area contributed by atoms with Crippen LogP contribution < -0.4 is 5.32 Å². The fraction of sp³-hybridized carbons (Fsp3) is 0.571. The van der Waals surface area contributed by atoms with E-state index in [9.17, 15) is 14.4 Å². The molecule has 148 valence electrons. The molecule has 1 aliphatic carbocycles. The predicted octanol–water partition coefficient (Wildman–Crippen LogP) is 3.42. The van der Waals surface area contributed by atoms with Crippen LogP contribution >= 0.6 is 0 Å². The summed E-state index contributed by atoms with van der Waals surface area (Å²) in [5.41, 5.74) is 0.304. The van der Waals surface area contributed by atoms with Crippen LogP contribution in [0, 0.1) is 5.92 Å². The molecule has 0 heterocycles. The van der Waals surface area contributed by atoms with Gasteiger partial charge in [0.15, 0.2) is 5.78 Å². The first-order chi connectivity index (χ1) is 12.7. The number of hydrogen-bond acceptors (Lipinski definition) is 5. The molecule has 1 aliphatic rings. The van der Waals surface area contributed by atoms with Gasteiger partial charge < -0.3 is 14.8 Å². The Morgan fingerprint density at radius 3 is 2.52 bits per heavy atom. The number of carbonyl (C=O) groups excluding carboxylic acids is 3. The van der Waals surface area contributed by atoms with Crippen molar-refractivity contribution in [2.75, 3.05) is 6.61 Å². The van der Waals surface area contributed by atoms with E-state index in [1.807, 2.05) is 30.3 Å². The summed E-state index contributed by atoms with van der Waals surface area (Å²) in [7, 11) is 0. The average molecular weight is 375 g/mol. The van der Waals surface area contributed by atoms with Crippen LogP contribution in [0.1, 0.15) is 52.0 Å². The van der Waals surface area contributed by atoms with Crippen LogP contribution in [-0.2, 0) is 25.7 Å². The molecule has 1 amide bonds. The Kier molecular flexibility index (Phi) is 7.54. The molecular weight excluding hydrogens is 346 g/mol. The van der Waals surface area contributed by atoms with Crippen molar-refractivity contribution < 1.29 is 23.9 Å². The number of carbonyl (C=O) groups is 3. The molecule has 0 saturated heterocycles. The van der Waals surface area contributed by atoms with Gasteiger partial charge in [-0.2, -0.15) is 0 Å². The van der Waals surface area contributed by atoms with Crippen LogP contribution in [0.15, 0.2) is 30.3 Å². The van der Waals surface area contributed by atoms with Gasteiger partial charge in [0, 0.05) is 12.3 Å². The summed E-state index contributed by atoms with van der Waals surface area (Å²) in [5, 5.41) is 2.63. The van der Waals surface area contributed by atoms with Crippen LogP contribution in [0.4, 0.5) is 4.79 Å². The van der Waals surface area contributed by atoms with Gasteiger partial charge in [-0.1, -0.05) is 30.3 Å². The van der Waals surface area contributed by atoms with E-state index in [4.69, 9.17) is 9.47 Å². The maximum atomic E-state index is 12.6. The fourth-order valence-electron chi connectivity index (χ4n) is 3.09. The van der Waals surface area contributed by atoms with Crippen molar-refractivity contribution in [1.82, 2.24) is 5.32 Å². The van der Waals surface area contributed by atoms with Gasteiger partial charge in [-0.05, 0) is 45.6 Å². The smallest absolute Gasteiger partial charge is 0.408 e. The third kappa shape index (κ3) is 7.51. The summed E-state index contributed by atoms with van der Waals surface area (Å²) in [5.74, 6) is -0.288. The van der Waals surface area contributed by atoms with Crippen LogP contribution in [-0.4, -0.2) is 35.9 Å². The summed E-state index contributed by atoms with van der Waals surface area (Å²) in [6.45, 7) is 5.46. The Bertz CT molecular complexity index is 650. The van der Waals surface area contributed by atoms with E-state index >= 15 is 0 Å². The molecule has 0 spiro atoms. The first-order valence-corrected chi connectivity index (χ1v) is 9.41. The predicted molar refractivity (Wildman–Crippen MR) is 101 cm³/mol. The molecule has 1 N–H and O–H groups in total. The third-order valence-electron chi connectivity index (χ3n) is 4.39. The fourth-order valence-corrected chi connectivity index (χ4v) is 3.09. The SMILES string of the molecule is CC(C)(C)OC(=O)N[C@@H](C[C@@H]1CCCC1=O)C(=O)COCc1ccccc1. The average Bonchev–Trinajstić information content (AvgIpc) is 2.98. The minimum Gasteiger partial charge on any atom is -0.444 e. The van der Waals surface area contributed by atoms with E-state index in [-0.39, 0.29) is 24.1 Å². The number of nitrogens with one attached hydrogen (secondary N) is 1. The molecule has 27 heavy (non-hydrogen) atoms. The van der Waals surface area contributed by atoms with E-state index in [0.717, 1.165) is 18.4 Å². The van der Waals surface area contributed by atoms with Crippen molar-refractivity contribution in [3.63, 3.8) is 0 Å². The van der Waals surface area contributed by atoms with Crippen molar-refractivity contribution in [3.8, 4) is 0 Å². The molecule has 2 atom stereocenters. The van der Waals surface area contributed by atoms with Gasteiger partial charge in [0.1, 0.15) is 18.0 Å². The van der Waals surface area contributed by atoms with Crippen molar-refractivity contribution >= 4 is 17.7 Å². The van der Waals surface area contributed by atoms with Gasteiger partial charge in [0.05, 0.1) is 12.6 Å². The normalized spacial score (nSPS) is 18.2. The van der Waals surface area contributed by atoms with E-state index in [1.54, 1.807) is 20.8 Å². The lowest BCUT2D eigenvalue weighted by Crippen LogP contribution is -2.46. The van der Waals surface area contributed by atoms with Crippen LogP contribution in [0.2, 0.25) is 0 Å². The van der Waals surface area contributed by atoms with Gasteiger partial charge in [0.2, 0.25) is 0 Å². The monoisotopic (exact) mass is 375 g/mol. The minimum absolute atomic E-state index is 0.129. The van der Waals surface area contributed by atoms with E-state index < -0.39 is 17.7 Å². The number of hydrogen-bond donors (Lipinski definition) is 1. The van der Waals surface area contributed by atoms with Crippen molar-refractivity contribution in [2.45, 2.75) is 64.7 Å². The maximum Gasteiger partial charge on any atom is 0.408 e. The Labute approximate surface area is 160 Å². The lowest BCUT2D eigenvalue weighted by molar-refractivity contribution is -0.127. The number of alkyl carbamates (subject to hydrolysis) is 1. The van der Waals surface area contributed by atoms with Crippen LogP contribution in [0.5, 0.6) is 0 Å². The van der Waals surface area contributed by atoms with E-state index in [0.29, 0.717) is 19.4 Å². The summed E-state index contributed by atoms with van der Waals surface area (Å²) in [4.78, 5) is 36.7. The van der Waals surface area contributed by atoms with Gasteiger partial charge >= 0.3 is 6.09 Å². The van der Waals surface area contributed by atoms with Gasteiger partial charge in [-0.3, -0.25) is 9.59 Å². The van der Waals surface area contributed by atoms with Crippen LogP contribution in [0.25, 0.3) is 0 Å². The molecular formula is C21H29NO5.